The summed E-state index contributed by atoms with van der Waals surface area (Å²) in [4.78, 5) is 30.7. The van der Waals surface area contributed by atoms with Gasteiger partial charge >= 0.3 is 0 Å². The molecule has 2 aliphatic heterocycles. The highest BCUT2D eigenvalue weighted by Crippen LogP contribution is 2.42. The van der Waals surface area contributed by atoms with Crippen LogP contribution in [-0.4, -0.2) is 79.2 Å². The molecule has 4 rings (SSSR count). The van der Waals surface area contributed by atoms with Crippen LogP contribution in [0.2, 0.25) is 0 Å². The number of carbonyl (C=O) groups is 2. The maximum atomic E-state index is 13.6. The Morgan fingerprint density at radius 2 is 1.87 bits per heavy atom. The van der Waals surface area contributed by atoms with E-state index >= 15 is 0 Å². The molecule has 1 N–H and O–H groups in total. The van der Waals surface area contributed by atoms with Gasteiger partial charge in [-0.3, -0.25) is 14.5 Å². The van der Waals surface area contributed by atoms with Gasteiger partial charge < -0.3 is 28.6 Å². The lowest BCUT2D eigenvalue weighted by Gasteiger charge is -2.32. The highest BCUT2D eigenvalue weighted by Gasteiger charge is 2.44. The molecule has 206 valence electrons. The van der Waals surface area contributed by atoms with Crippen molar-refractivity contribution in [2.45, 2.75) is 40.2 Å². The van der Waals surface area contributed by atoms with Crippen LogP contribution in [0.5, 0.6) is 11.5 Å². The lowest BCUT2D eigenvalue weighted by atomic mass is 9.94. The number of benzene rings is 1. The molecule has 1 aromatic heterocycles. The molecular formula is C29H38N2O7. The number of ketones is 1. The SMILES string of the molecule is CCOc1cc(C2C(C(=O)c3ccc(C)o3)=C(O)C(=O)N2CCN2CCOCC2)ccc1OCCC(C)C. The van der Waals surface area contributed by atoms with Crippen LogP contribution in [0.3, 0.4) is 0 Å². The van der Waals surface area contributed by atoms with E-state index in [1.165, 1.54) is 0 Å². The van der Waals surface area contributed by atoms with E-state index in [9.17, 15) is 14.7 Å². The average Bonchev–Trinajstić information content (AvgIpc) is 3.44. The van der Waals surface area contributed by atoms with Crippen LogP contribution < -0.4 is 9.47 Å². The molecule has 1 amide bonds. The summed E-state index contributed by atoms with van der Waals surface area (Å²) >= 11 is 0. The molecule has 1 aromatic carbocycles. The lowest BCUT2D eigenvalue weighted by Crippen LogP contribution is -2.43. The minimum absolute atomic E-state index is 0.00209. The molecule has 1 fully saturated rings. The monoisotopic (exact) mass is 526 g/mol. The maximum absolute atomic E-state index is 13.6. The minimum atomic E-state index is -0.801. The van der Waals surface area contributed by atoms with E-state index in [4.69, 9.17) is 18.6 Å². The standard InChI is InChI=1S/C29H38N2O7/c1-5-36-24-18-21(7-9-22(24)37-15-10-19(2)3)26-25(27(32)23-8-6-20(4)38-23)28(33)29(34)31(26)12-11-30-13-16-35-17-14-30/h6-9,18-19,26,33H,5,10-17H2,1-4H3. The minimum Gasteiger partial charge on any atom is -0.503 e. The molecule has 0 aliphatic carbocycles. The van der Waals surface area contributed by atoms with Crippen molar-refractivity contribution in [3.8, 4) is 11.5 Å². The van der Waals surface area contributed by atoms with Crippen LogP contribution in [0, 0.1) is 12.8 Å². The highest BCUT2D eigenvalue weighted by atomic mass is 16.5. The molecule has 3 heterocycles. The van der Waals surface area contributed by atoms with Gasteiger partial charge in [-0.2, -0.15) is 0 Å². The Labute approximate surface area is 223 Å². The summed E-state index contributed by atoms with van der Waals surface area (Å²) in [5.41, 5.74) is 0.651. The van der Waals surface area contributed by atoms with Crippen LogP contribution in [-0.2, 0) is 9.53 Å². The van der Waals surface area contributed by atoms with Gasteiger partial charge in [-0.25, -0.2) is 0 Å². The van der Waals surface area contributed by atoms with E-state index in [0.717, 1.165) is 19.5 Å². The Balaban J connectivity index is 1.68. The molecule has 1 saturated heterocycles. The number of amides is 1. The van der Waals surface area contributed by atoms with Crippen LogP contribution >= 0.6 is 0 Å². The number of hydrogen-bond donors (Lipinski definition) is 1. The summed E-state index contributed by atoms with van der Waals surface area (Å²) in [5, 5.41) is 11.0. The predicted octanol–water partition coefficient (Wildman–Crippen LogP) is 4.32. The van der Waals surface area contributed by atoms with Crippen molar-refractivity contribution in [3.05, 3.63) is 58.7 Å². The Morgan fingerprint density at radius 3 is 2.53 bits per heavy atom. The van der Waals surface area contributed by atoms with E-state index in [2.05, 4.69) is 18.7 Å². The number of rotatable bonds is 12. The first-order chi connectivity index (χ1) is 18.3. The number of carbonyl (C=O) groups excluding carboxylic acids is 2. The number of hydrogen-bond acceptors (Lipinski definition) is 8. The number of aliphatic hydroxyl groups excluding tert-OH is 1. The summed E-state index contributed by atoms with van der Waals surface area (Å²) in [5.74, 6) is 0.635. The third kappa shape index (κ3) is 6.22. The molecule has 0 bridgehead atoms. The van der Waals surface area contributed by atoms with Gasteiger partial charge in [0, 0.05) is 26.2 Å². The summed E-state index contributed by atoms with van der Waals surface area (Å²) in [7, 11) is 0. The molecule has 0 spiro atoms. The number of aliphatic hydroxyl groups is 1. The van der Waals surface area contributed by atoms with Crippen molar-refractivity contribution in [1.82, 2.24) is 9.80 Å². The van der Waals surface area contributed by atoms with Crippen molar-refractivity contribution in [2.24, 2.45) is 5.92 Å². The molecule has 2 aliphatic rings. The fourth-order valence-electron chi connectivity index (χ4n) is 4.71. The zero-order chi connectivity index (χ0) is 27.2. The van der Waals surface area contributed by atoms with Crippen LogP contribution in [0.1, 0.15) is 55.1 Å². The van der Waals surface area contributed by atoms with E-state index in [1.54, 1.807) is 36.1 Å². The van der Waals surface area contributed by atoms with E-state index in [1.807, 2.05) is 13.0 Å². The molecule has 1 unspecified atom stereocenters. The second-order valence-corrected chi connectivity index (χ2v) is 10.0. The fraction of sp³-hybridized carbons (Fsp3) is 0.517. The first-order valence-electron chi connectivity index (χ1n) is 13.3. The first kappa shape index (κ1) is 27.7. The van der Waals surface area contributed by atoms with Gasteiger partial charge in [-0.15, -0.1) is 0 Å². The van der Waals surface area contributed by atoms with Gasteiger partial charge in [0.25, 0.3) is 5.91 Å². The van der Waals surface area contributed by atoms with Gasteiger partial charge in [0.15, 0.2) is 23.0 Å². The van der Waals surface area contributed by atoms with Crippen LogP contribution in [0.15, 0.2) is 46.1 Å². The van der Waals surface area contributed by atoms with Crippen LogP contribution in [0.25, 0.3) is 0 Å². The van der Waals surface area contributed by atoms with E-state index in [-0.39, 0.29) is 11.3 Å². The average molecular weight is 527 g/mol. The van der Waals surface area contributed by atoms with E-state index < -0.39 is 23.5 Å². The molecule has 9 heteroatoms. The van der Waals surface area contributed by atoms with Gasteiger partial charge in [0.1, 0.15) is 5.76 Å². The van der Waals surface area contributed by atoms with Crippen molar-refractivity contribution in [3.63, 3.8) is 0 Å². The largest absolute Gasteiger partial charge is 0.503 e. The number of nitrogens with zero attached hydrogens (tertiary/aromatic N) is 2. The highest BCUT2D eigenvalue weighted by molar-refractivity contribution is 6.15. The summed E-state index contributed by atoms with van der Waals surface area (Å²) in [6.45, 7) is 12.6. The lowest BCUT2D eigenvalue weighted by molar-refractivity contribution is -0.129. The van der Waals surface area contributed by atoms with Crippen molar-refractivity contribution in [1.29, 1.82) is 0 Å². The number of morpholine rings is 1. The number of ether oxygens (including phenoxy) is 3. The fourth-order valence-corrected chi connectivity index (χ4v) is 4.71. The Bertz CT molecular complexity index is 1160. The smallest absolute Gasteiger partial charge is 0.290 e. The van der Waals surface area contributed by atoms with Crippen LogP contribution in [0.4, 0.5) is 0 Å². The number of aryl methyl sites for hydroxylation is 1. The summed E-state index contributed by atoms with van der Waals surface area (Å²) in [6, 6.07) is 7.88. The van der Waals surface area contributed by atoms with Gasteiger partial charge in [-0.1, -0.05) is 19.9 Å². The first-order valence-corrected chi connectivity index (χ1v) is 13.3. The topological polar surface area (TPSA) is 102 Å². The maximum Gasteiger partial charge on any atom is 0.290 e. The molecule has 2 aromatic rings. The normalized spacial score (nSPS) is 18.5. The van der Waals surface area contributed by atoms with Gasteiger partial charge in [-0.05, 0) is 56.0 Å². The zero-order valence-electron chi connectivity index (χ0n) is 22.7. The Hall–Kier alpha value is -3.30. The molecule has 38 heavy (non-hydrogen) atoms. The van der Waals surface area contributed by atoms with Gasteiger partial charge in [0.05, 0.1) is 38.0 Å². The van der Waals surface area contributed by atoms with Crippen molar-refractivity contribution < 1.29 is 33.3 Å². The second kappa shape index (κ2) is 12.5. The molecular weight excluding hydrogens is 488 g/mol. The zero-order valence-corrected chi connectivity index (χ0v) is 22.7. The Morgan fingerprint density at radius 1 is 1.11 bits per heavy atom. The molecule has 9 nitrogen and oxygen atoms in total. The predicted molar refractivity (Wildman–Crippen MR) is 142 cm³/mol. The van der Waals surface area contributed by atoms with Crippen molar-refractivity contribution in [2.75, 3.05) is 52.6 Å². The third-order valence-corrected chi connectivity index (χ3v) is 6.81. The molecule has 0 saturated carbocycles. The number of furan rings is 1. The third-order valence-electron chi connectivity index (χ3n) is 6.81. The van der Waals surface area contributed by atoms with E-state index in [0.29, 0.717) is 68.3 Å². The van der Waals surface area contributed by atoms with Gasteiger partial charge in [0.2, 0.25) is 5.78 Å². The quantitative estimate of drug-likeness (QED) is 0.408. The molecule has 1 atom stereocenters. The summed E-state index contributed by atoms with van der Waals surface area (Å²) in [6.07, 6.45) is 0.900. The second-order valence-electron chi connectivity index (χ2n) is 10.0. The Kier molecular flexibility index (Phi) is 9.12. The molecule has 0 radical (unpaired) electrons. The van der Waals surface area contributed by atoms with Crippen molar-refractivity contribution >= 4 is 11.7 Å². The number of Topliss-reactive ketones (excluding diaryl/α,β-unsaturated/α-hetero) is 1. The summed E-state index contributed by atoms with van der Waals surface area (Å²) < 4.78 is 22.9.